The van der Waals surface area contributed by atoms with Crippen LogP contribution < -0.4 is 16.6 Å². The lowest BCUT2D eigenvalue weighted by Crippen LogP contribution is -2.36. The first-order valence-corrected chi connectivity index (χ1v) is 9.29. The quantitative estimate of drug-likeness (QED) is 0.326. The second kappa shape index (κ2) is 11.0. The van der Waals surface area contributed by atoms with Gasteiger partial charge in [0, 0.05) is 18.5 Å². The number of rotatable bonds is 8. The zero-order valence-electron chi connectivity index (χ0n) is 16.6. The summed E-state index contributed by atoms with van der Waals surface area (Å²) in [6.07, 6.45) is 9.82. The highest BCUT2D eigenvalue weighted by Gasteiger charge is 2.25. The molecule has 1 aromatic heterocycles. The standard InChI is InChI=1S/C20H22F3N5O3/c1-2-4-13(21)5-3-6-14-7-8-15-17(26-14)19(31)28(11-16(29)30)18(27-15)12(9-24)10-25-20(22)23/h2-6,9-10,14,20,26H,7-8,11,24H2,1H3,(H,29,30)/b4-2-,6-3+,12-9+,13-5+,25-10+. The Morgan fingerprint density at radius 2 is 2.23 bits per heavy atom. The van der Waals surface area contributed by atoms with Crippen LogP contribution in [-0.4, -0.2) is 39.4 Å². The largest absolute Gasteiger partial charge is 0.480 e. The Morgan fingerprint density at radius 1 is 1.48 bits per heavy atom. The van der Waals surface area contributed by atoms with Gasteiger partial charge in [0.25, 0.3) is 5.56 Å². The molecule has 4 N–H and O–H groups in total. The molecule has 1 aromatic rings. The van der Waals surface area contributed by atoms with E-state index in [1.54, 1.807) is 19.1 Å². The minimum absolute atomic E-state index is 0.0889. The molecule has 0 saturated carbocycles. The van der Waals surface area contributed by atoms with Gasteiger partial charge in [-0.15, -0.1) is 0 Å². The van der Waals surface area contributed by atoms with Crippen molar-refractivity contribution in [3.8, 4) is 0 Å². The third-order valence-electron chi connectivity index (χ3n) is 4.25. The van der Waals surface area contributed by atoms with Crippen LogP contribution in [0.15, 0.2) is 52.2 Å². The summed E-state index contributed by atoms with van der Waals surface area (Å²) in [6.45, 7) is -2.08. The van der Waals surface area contributed by atoms with Crippen molar-refractivity contribution in [3.63, 3.8) is 0 Å². The molecule has 0 aliphatic carbocycles. The Hall–Kier alpha value is -3.63. The molecule has 31 heavy (non-hydrogen) atoms. The highest BCUT2D eigenvalue weighted by atomic mass is 19.3. The van der Waals surface area contributed by atoms with Gasteiger partial charge in [-0.1, -0.05) is 18.2 Å². The summed E-state index contributed by atoms with van der Waals surface area (Å²) in [4.78, 5) is 31.5. The van der Waals surface area contributed by atoms with Crippen molar-refractivity contribution in [2.24, 2.45) is 10.7 Å². The molecule has 8 nitrogen and oxygen atoms in total. The number of fused-ring (bicyclic) bond motifs is 1. The van der Waals surface area contributed by atoms with E-state index in [0.29, 0.717) is 18.5 Å². The fraction of sp³-hybridized carbons (Fsp3) is 0.300. The molecule has 0 bridgehead atoms. The van der Waals surface area contributed by atoms with Gasteiger partial charge in [-0.3, -0.25) is 14.2 Å². The van der Waals surface area contributed by atoms with Crippen LogP contribution in [0.1, 0.15) is 24.9 Å². The maximum absolute atomic E-state index is 13.4. The number of hydrogen-bond donors (Lipinski definition) is 3. The van der Waals surface area contributed by atoms with Crippen molar-refractivity contribution in [1.29, 1.82) is 0 Å². The van der Waals surface area contributed by atoms with Gasteiger partial charge >= 0.3 is 12.5 Å². The van der Waals surface area contributed by atoms with Crippen LogP contribution in [-0.2, 0) is 17.8 Å². The van der Waals surface area contributed by atoms with Crippen molar-refractivity contribution in [2.75, 3.05) is 5.32 Å². The lowest BCUT2D eigenvalue weighted by Gasteiger charge is -2.25. The number of halogens is 3. The zero-order chi connectivity index (χ0) is 23.0. The summed E-state index contributed by atoms with van der Waals surface area (Å²) in [5.41, 5.74) is 5.09. The third kappa shape index (κ3) is 6.43. The topological polar surface area (TPSA) is 123 Å². The molecule has 11 heteroatoms. The molecule has 0 radical (unpaired) electrons. The molecular weight excluding hydrogens is 415 g/mol. The van der Waals surface area contributed by atoms with E-state index in [1.165, 1.54) is 18.2 Å². The van der Waals surface area contributed by atoms with Crippen LogP contribution in [0, 0.1) is 0 Å². The zero-order valence-corrected chi connectivity index (χ0v) is 16.6. The summed E-state index contributed by atoms with van der Waals surface area (Å²) in [5, 5.41) is 12.2. The second-order valence-electron chi connectivity index (χ2n) is 6.45. The molecule has 0 fully saturated rings. The van der Waals surface area contributed by atoms with Crippen LogP contribution in [0.2, 0.25) is 0 Å². The van der Waals surface area contributed by atoms with Crippen LogP contribution >= 0.6 is 0 Å². The molecule has 0 amide bonds. The summed E-state index contributed by atoms with van der Waals surface area (Å²) in [5.74, 6) is -1.94. The van der Waals surface area contributed by atoms with Crippen LogP contribution in [0.4, 0.5) is 18.9 Å². The van der Waals surface area contributed by atoms with E-state index in [-0.39, 0.29) is 23.1 Å². The molecule has 0 spiro atoms. The Balaban J connectivity index is 2.45. The maximum atomic E-state index is 13.4. The van der Waals surface area contributed by atoms with Gasteiger partial charge in [-0.05, 0) is 31.9 Å². The molecule has 1 aliphatic heterocycles. The number of nitrogens with zero attached hydrogens (tertiary/aromatic N) is 3. The predicted molar refractivity (Wildman–Crippen MR) is 112 cm³/mol. The molecule has 1 atom stereocenters. The van der Waals surface area contributed by atoms with E-state index >= 15 is 0 Å². The van der Waals surface area contributed by atoms with Gasteiger partial charge in [0.2, 0.25) is 0 Å². The van der Waals surface area contributed by atoms with E-state index in [1.807, 2.05) is 0 Å². The number of hydrogen-bond acceptors (Lipinski definition) is 6. The van der Waals surface area contributed by atoms with Gasteiger partial charge in [-0.25, -0.2) is 14.4 Å². The van der Waals surface area contributed by atoms with E-state index in [2.05, 4.69) is 15.3 Å². The van der Waals surface area contributed by atoms with Crippen molar-refractivity contribution in [3.05, 3.63) is 64.3 Å². The van der Waals surface area contributed by atoms with Gasteiger partial charge in [0.1, 0.15) is 23.9 Å². The second-order valence-corrected chi connectivity index (χ2v) is 6.45. The van der Waals surface area contributed by atoms with Crippen molar-refractivity contribution >= 4 is 23.4 Å². The maximum Gasteiger partial charge on any atom is 0.331 e. The molecule has 0 aromatic carbocycles. The number of aliphatic imine (C=N–C) groups is 1. The van der Waals surface area contributed by atoms with Crippen LogP contribution in [0.5, 0.6) is 0 Å². The van der Waals surface area contributed by atoms with Crippen molar-refractivity contribution in [1.82, 2.24) is 9.55 Å². The minimum Gasteiger partial charge on any atom is -0.480 e. The highest BCUT2D eigenvalue weighted by Crippen LogP contribution is 2.23. The molecule has 1 aliphatic rings. The Bertz CT molecular complexity index is 1030. The fourth-order valence-electron chi connectivity index (χ4n) is 2.93. The van der Waals surface area contributed by atoms with Crippen LogP contribution in [0.3, 0.4) is 0 Å². The van der Waals surface area contributed by atoms with E-state index in [4.69, 9.17) is 5.73 Å². The molecule has 2 rings (SSSR count). The van der Waals surface area contributed by atoms with E-state index in [0.717, 1.165) is 17.0 Å². The van der Waals surface area contributed by atoms with Crippen molar-refractivity contribution < 1.29 is 23.1 Å². The molecule has 2 heterocycles. The summed E-state index contributed by atoms with van der Waals surface area (Å²) in [7, 11) is 0. The normalized spacial score (nSPS) is 17.6. The number of aryl methyl sites for hydroxylation is 1. The average Bonchev–Trinajstić information content (AvgIpc) is 2.71. The first-order valence-electron chi connectivity index (χ1n) is 9.29. The number of nitrogens with one attached hydrogen (secondary N) is 1. The number of allylic oxidation sites excluding steroid dienone is 6. The van der Waals surface area contributed by atoms with Gasteiger partial charge in [0.15, 0.2) is 0 Å². The smallest absolute Gasteiger partial charge is 0.331 e. The number of carboxylic acids is 1. The number of carboxylic acid groups (broad SMARTS) is 1. The summed E-state index contributed by atoms with van der Waals surface area (Å²) >= 11 is 0. The number of anilines is 1. The lowest BCUT2D eigenvalue weighted by molar-refractivity contribution is -0.137. The third-order valence-corrected chi connectivity index (χ3v) is 4.25. The number of nitrogens with two attached hydrogens (primary N) is 1. The number of aliphatic carboxylic acids is 1. The molecule has 0 saturated heterocycles. The minimum atomic E-state index is -3.01. The molecule has 166 valence electrons. The SMILES string of the molecule is C\C=C/C(F)=C\C=C\C1CCc2nc(C(/C=N/C(F)F)=C/N)n(CC(=O)O)c(=O)c2N1. The van der Waals surface area contributed by atoms with E-state index < -0.39 is 30.4 Å². The van der Waals surface area contributed by atoms with Gasteiger partial charge in [0.05, 0.1) is 11.3 Å². The highest BCUT2D eigenvalue weighted by molar-refractivity contribution is 6.08. The van der Waals surface area contributed by atoms with Crippen molar-refractivity contribution in [2.45, 2.75) is 38.9 Å². The summed E-state index contributed by atoms with van der Waals surface area (Å²) < 4.78 is 39.1. The predicted octanol–water partition coefficient (Wildman–Crippen LogP) is 2.63. The Morgan fingerprint density at radius 3 is 2.84 bits per heavy atom. The average molecular weight is 437 g/mol. The van der Waals surface area contributed by atoms with E-state index in [9.17, 15) is 27.9 Å². The van der Waals surface area contributed by atoms with Gasteiger partial charge in [-0.2, -0.15) is 8.78 Å². The fourth-order valence-corrected chi connectivity index (χ4v) is 2.93. The summed E-state index contributed by atoms with van der Waals surface area (Å²) in [6, 6.07) is -0.314. The van der Waals surface area contributed by atoms with Crippen LogP contribution in [0.25, 0.3) is 5.57 Å². The number of carbonyl (C=O) groups is 1. The first kappa shape index (κ1) is 23.6. The number of alkyl halides is 2. The first-order chi connectivity index (χ1) is 14.8. The Kier molecular flexibility index (Phi) is 8.35. The van der Waals surface area contributed by atoms with Gasteiger partial charge < -0.3 is 16.2 Å². The lowest BCUT2D eigenvalue weighted by atomic mass is 10.0. The number of aromatic nitrogens is 2. The molecule has 1 unspecified atom stereocenters. The Labute approximate surface area is 176 Å². The monoisotopic (exact) mass is 437 g/mol. The molecular formula is C20H22F3N5O3.